The molecule has 1 aliphatic rings. The Hall–Kier alpha value is -2.84. The molecule has 0 saturated carbocycles. The largest absolute Gasteiger partial charge is 0.482 e. The number of carbonyl (C=O) groups excluding carboxylic acids is 1. The lowest BCUT2D eigenvalue weighted by atomic mass is 10.0. The van der Waals surface area contributed by atoms with Crippen molar-refractivity contribution in [1.29, 1.82) is 5.26 Å². The molecule has 2 aromatic rings. The molecule has 5 nitrogen and oxygen atoms in total. The van der Waals surface area contributed by atoms with Crippen molar-refractivity contribution in [2.45, 2.75) is 6.04 Å². The summed E-state index contributed by atoms with van der Waals surface area (Å²) in [6.07, 6.45) is 0. The normalized spacial score (nSPS) is 17.8. The quantitative estimate of drug-likeness (QED) is 0.861. The van der Waals surface area contributed by atoms with E-state index >= 15 is 0 Å². The Kier molecular flexibility index (Phi) is 5.32. The maximum absolute atomic E-state index is 12.8. The van der Waals surface area contributed by atoms with Crippen LogP contribution in [0.2, 0.25) is 0 Å². The van der Waals surface area contributed by atoms with Crippen molar-refractivity contribution in [3.8, 4) is 11.8 Å². The fraction of sp³-hybridized carbons (Fsp3) is 0.300. The lowest BCUT2D eigenvalue weighted by Crippen LogP contribution is -2.50. The highest BCUT2D eigenvalue weighted by Gasteiger charge is 2.30. The van der Waals surface area contributed by atoms with E-state index in [1.165, 1.54) is 0 Å². The number of para-hydroxylation sites is 1. The summed E-state index contributed by atoms with van der Waals surface area (Å²) in [6.45, 7) is 2.23. The van der Waals surface area contributed by atoms with Crippen LogP contribution in [0.25, 0.3) is 0 Å². The van der Waals surface area contributed by atoms with Gasteiger partial charge >= 0.3 is 0 Å². The van der Waals surface area contributed by atoms with Crippen LogP contribution in [0.15, 0.2) is 54.6 Å². The molecule has 0 radical (unpaired) electrons. The molecule has 0 spiro atoms. The second-order valence-electron chi connectivity index (χ2n) is 6.17. The van der Waals surface area contributed by atoms with Crippen LogP contribution >= 0.6 is 0 Å². The van der Waals surface area contributed by atoms with E-state index < -0.39 is 0 Å². The molecule has 5 heteroatoms. The zero-order valence-corrected chi connectivity index (χ0v) is 14.3. The van der Waals surface area contributed by atoms with Crippen molar-refractivity contribution >= 4 is 5.91 Å². The van der Waals surface area contributed by atoms with E-state index in [-0.39, 0.29) is 18.6 Å². The molecule has 1 saturated heterocycles. The summed E-state index contributed by atoms with van der Waals surface area (Å²) in [5.74, 6) is 0.387. The minimum atomic E-state index is -0.0637. The van der Waals surface area contributed by atoms with Crippen molar-refractivity contribution in [2.24, 2.45) is 0 Å². The summed E-state index contributed by atoms with van der Waals surface area (Å²) in [5, 5.41) is 9.12. The number of hydrogen-bond acceptors (Lipinski definition) is 4. The van der Waals surface area contributed by atoms with Crippen LogP contribution in [0.4, 0.5) is 0 Å². The van der Waals surface area contributed by atoms with Gasteiger partial charge in [-0.25, -0.2) is 0 Å². The van der Waals surface area contributed by atoms with Gasteiger partial charge in [-0.1, -0.05) is 42.5 Å². The van der Waals surface area contributed by atoms with Gasteiger partial charge in [-0.15, -0.1) is 0 Å². The Morgan fingerprint density at radius 2 is 1.88 bits per heavy atom. The summed E-state index contributed by atoms with van der Waals surface area (Å²) in [6, 6.07) is 19.1. The minimum Gasteiger partial charge on any atom is -0.482 e. The maximum atomic E-state index is 12.8. The molecular formula is C20H21N3O2. The molecule has 25 heavy (non-hydrogen) atoms. The van der Waals surface area contributed by atoms with Gasteiger partial charge in [-0.05, 0) is 24.7 Å². The molecular weight excluding hydrogens is 314 g/mol. The predicted molar refractivity (Wildman–Crippen MR) is 95.0 cm³/mol. The molecule has 1 amide bonds. The van der Waals surface area contributed by atoms with Gasteiger partial charge in [0.2, 0.25) is 0 Å². The Morgan fingerprint density at radius 3 is 2.64 bits per heavy atom. The smallest absolute Gasteiger partial charge is 0.261 e. The zero-order valence-electron chi connectivity index (χ0n) is 14.3. The first-order valence-electron chi connectivity index (χ1n) is 8.34. The fourth-order valence-corrected chi connectivity index (χ4v) is 3.09. The monoisotopic (exact) mass is 335 g/mol. The molecule has 128 valence electrons. The third kappa shape index (κ3) is 3.98. The van der Waals surface area contributed by atoms with Crippen LogP contribution in [0.5, 0.6) is 5.75 Å². The summed E-state index contributed by atoms with van der Waals surface area (Å²) < 4.78 is 5.63. The Bertz CT molecular complexity index is 770. The maximum Gasteiger partial charge on any atom is 0.261 e. The minimum absolute atomic E-state index is 0.0160. The van der Waals surface area contributed by atoms with E-state index in [1.54, 1.807) is 24.3 Å². The second kappa shape index (κ2) is 7.82. The number of ether oxygens (including phenoxy) is 1. The summed E-state index contributed by atoms with van der Waals surface area (Å²) in [4.78, 5) is 16.9. The summed E-state index contributed by atoms with van der Waals surface area (Å²) in [5.41, 5.74) is 1.56. The number of piperazine rings is 1. The number of carbonyl (C=O) groups is 1. The Morgan fingerprint density at radius 1 is 1.16 bits per heavy atom. The molecule has 0 N–H and O–H groups in total. The van der Waals surface area contributed by atoms with E-state index in [0.29, 0.717) is 17.9 Å². The number of nitriles is 1. The van der Waals surface area contributed by atoms with Gasteiger partial charge in [0.15, 0.2) is 6.61 Å². The first kappa shape index (κ1) is 17.0. The third-order valence-electron chi connectivity index (χ3n) is 4.45. The van der Waals surface area contributed by atoms with Gasteiger partial charge in [0.1, 0.15) is 11.8 Å². The lowest BCUT2D eigenvalue weighted by Gasteiger charge is -2.40. The van der Waals surface area contributed by atoms with Gasteiger partial charge < -0.3 is 14.5 Å². The first-order valence-corrected chi connectivity index (χ1v) is 8.34. The topological polar surface area (TPSA) is 56.6 Å². The van der Waals surface area contributed by atoms with Gasteiger partial charge in [-0.3, -0.25) is 4.79 Å². The van der Waals surface area contributed by atoms with E-state index in [0.717, 1.165) is 18.7 Å². The molecule has 0 unspecified atom stereocenters. The Balaban J connectivity index is 1.72. The average Bonchev–Trinajstić information content (AvgIpc) is 2.67. The van der Waals surface area contributed by atoms with Crippen LogP contribution in [-0.2, 0) is 4.79 Å². The third-order valence-corrected chi connectivity index (χ3v) is 4.45. The molecule has 0 bridgehead atoms. The Labute approximate surface area is 148 Å². The number of rotatable bonds is 4. The van der Waals surface area contributed by atoms with Crippen molar-refractivity contribution in [3.63, 3.8) is 0 Å². The van der Waals surface area contributed by atoms with Crippen LogP contribution in [-0.4, -0.2) is 49.0 Å². The van der Waals surface area contributed by atoms with Gasteiger partial charge in [0.25, 0.3) is 5.91 Å². The van der Waals surface area contributed by atoms with E-state index in [2.05, 4.69) is 30.1 Å². The number of likely N-dealkylation sites (N-methyl/N-ethyl adjacent to an activating group) is 1. The predicted octanol–water partition coefficient (Wildman–Crippen LogP) is 2.45. The van der Waals surface area contributed by atoms with Crippen molar-refractivity contribution < 1.29 is 9.53 Å². The number of amides is 1. The zero-order chi connectivity index (χ0) is 17.6. The standard InChI is InChI=1S/C20H21N3O2/c1-22-11-12-23(18(14-22)16-7-3-2-4-8-16)20(24)15-25-19-10-6-5-9-17(19)13-21/h2-10,18H,11-12,14-15H2,1H3/t18-/m1/s1. The highest BCUT2D eigenvalue weighted by molar-refractivity contribution is 5.78. The van der Waals surface area contributed by atoms with Crippen molar-refractivity contribution in [2.75, 3.05) is 33.3 Å². The molecule has 0 aromatic heterocycles. The number of nitrogens with zero attached hydrogens (tertiary/aromatic N) is 3. The summed E-state index contributed by atoms with van der Waals surface area (Å²) in [7, 11) is 2.07. The van der Waals surface area contributed by atoms with Crippen LogP contribution in [0.3, 0.4) is 0 Å². The number of benzene rings is 2. The van der Waals surface area contributed by atoms with Gasteiger partial charge in [-0.2, -0.15) is 5.26 Å². The lowest BCUT2D eigenvalue weighted by molar-refractivity contribution is -0.138. The summed E-state index contributed by atoms with van der Waals surface area (Å²) >= 11 is 0. The SMILES string of the molecule is CN1CCN(C(=O)COc2ccccc2C#N)[C@@H](c2ccccc2)C1. The van der Waals surface area contributed by atoms with Crippen LogP contribution in [0, 0.1) is 11.3 Å². The van der Waals surface area contributed by atoms with Gasteiger partial charge in [0.05, 0.1) is 11.6 Å². The highest BCUT2D eigenvalue weighted by atomic mass is 16.5. The number of hydrogen-bond donors (Lipinski definition) is 0. The molecule has 1 fully saturated rings. The highest BCUT2D eigenvalue weighted by Crippen LogP contribution is 2.25. The van der Waals surface area contributed by atoms with E-state index in [9.17, 15) is 4.79 Å². The van der Waals surface area contributed by atoms with Crippen LogP contribution in [0.1, 0.15) is 17.2 Å². The van der Waals surface area contributed by atoms with Crippen molar-refractivity contribution in [1.82, 2.24) is 9.80 Å². The molecule has 0 aliphatic carbocycles. The molecule has 1 atom stereocenters. The first-order chi connectivity index (χ1) is 12.2. The van der Waals surface area contributed by atoms with E-state index in [4.69, 9.17) is 10.00 Å². The molecule has 2 aromatic carbocycles. The fourth-order valence-electron chi connectivity index (χ4n) is 3.09. The molecule has 3 rings (SSSR count). The van der Waals surface area contributed by atoms with Crippen molar-refractivity contribution in [3.05, 3.63) is 65.7 Å². The van der Waals surface area contributed by atoms with Crippen LogP contribution < -0.4 is 4.74 Å². The van der Waals surface area contributed by atoms with Gasteiger partial charge in [0, 0.05) is 19.6 Å². The van der Waals surface area contributed by atoms with E-state index in [1.807, 2.05) is 23.1 Å². The second-order valence-corrected chi connectivity index (χ2v) is 6.17. The average molecular weight is 335 g/mol. The molecule has 1 aliphatic heterocycles. The molecule has 1 heterocycles.